The van der Waals surface area contributed by atoms with Crippen molar-refractivity contribution in [1.82, 2.24) is 10.2 Å². The van der Waals surface area contributed by atoms with Gasteiger partial charge in [0.25, 0.3) is 0 Å². The summed E-state index contributed by atoms with van der Waals surface area (Å²) in [6.45, 7) is 4.68. The molecule has 1 rings (SSSR count). The van der Waals surface area contributed by atoms with Crippen molar-refractivity contribution in [2.24, 2.45) is 0 Å². The third-order valence-electron chi connectivity index (χ3n) is 5.23. The molecule has 0 amide bonds. The Morgan fingerprint density at radius 1 is 0.872 bits per heavy atom. The first-order chi connectivity index (χ1) is 18.2. The Morgan fingerprint density at radius 2 is 1.36 bits per heavy atom. The standard InChI is InChI=1S/C16H25NO2.C9H19NO2.C3H4Cl2O2.ClH/c1-17(14-15-10-6-5-7-11-15)13-9-4-3-8-12-16(18)19-2;1-10-8-6-4-3-5-7-9(11)12-2;1-2(4)7-3(5)6;/h5-7,10-11H,3-4,8-9,12-14H2,1-2H3;10H,3-8H2,1-2H3;2H,1H3;1H. The normalized spacial score (nSPS) is 10.6. The van der Waals surface area contributed by atoms with Crippen molar-refractivity contribution < 1.29 is 28.6 Å². The number of unbranched alkanes of at least 4 members (excludes halogenated alkanes) is 6. The lowest BCUT2D eigenvalue weighted by molar-refractivity contribution is -0.141. The zero-order chi connectivity index (χ0) is 29.0. The van der Waals surface area contributed by atoms with Gasteiger partial charge in [0.15, 0.2) is 5.56 Å². The Hall–Kier alpha value is -1.58. The number of benzene rings is 1. The second kappa shape index (κ2) is 31.0. The van der Waals surface area contributed by atoms with Crippen LogP contribution < -0.4 is 5.32 Å². The van der Waals surface area contributed by atoms with E-state index >= 15 is 0 Å². The summed E-state index contributed by atoms with van der Waals surface area (Å²) in [5.41, 5.74) is -0.150. The maximum absolute atomic E-state index is 10.9. The van der Waals surface area contributed by atoms with Gasteiger partial charge in [-0.05, 0) is 65.4 Å². The maximum Gasteiger partial charge on any atom is 0.405 e. The molecule has 0 aliphatic heterocycles. The number of nitrogens with one attached hydrogen (secondary N) is 1. The molecule has 1 aromatic rings. The van der Waals surface area contributed by atoms with E-state index in [-0.39, 0.29) is 24.3 Å². The van der Waals surface area contributed by atoms with Gasteiger partial charge in [0.05, 0.1) is 14.2 Å². The van der Waals surface area contributed by atoms with Crippen molar-refractivity contribution >= 4 is 53.0 Å². The molecule has 0 heterocycles. The van der Waals surface area contributed by atoms with E-state index in [1.807, 2.05) is 13.1 Å². The third-order valence-corrected chi connectivity index (χ3v) is 5.41. The third kappa shape index (κ3) is 34.4. The number of ether oxygens (including phenoxy) is 3. The minimum atomic E-state index is -0.873. The van der Waals surface area contributed by atoms with E-state index in [2.05, 4.69) is 55.7 Å². The molecule has 0 radical (unpaired) electrons. The van der Waals surface area contributed by atoms with Gasteiger partial charge in [-0.3, -0.25) is 9.59 Å². The number of halogens is 3. The number of hydrogen-bond donors (Lipinski definition) is 1. The van der Waals surface area contributed by atoms with Crippen LogP contribution in [-0.4, -0.2) is 69.2 Å². The number of esters is 2. The Morgan fingerprint density at radius 3 is 1.77 bits per heavy atom. The second-order valence-electron chi connectivity index (χ2n) is 8.71. The minimum absolute atomic E-state index is 0. The molecular formula is C28H49Cl3N2O6. The summed E-state index contributed by atoms with van der Waals surface area (Å²) >= 11 is 9.87. The van der Waals surface area contributed by atoms with E-state index in [1.54, 1.807) is 0 Å². The molecular weight excluding hydrogens is 567 g/mol. The number of carbonyl (C=O) groups excluding carboxylic acids is 3. The van der Waals surface area contributed by atoms with Gasteiger partial charge in [0.1, 0.15) is 0 Å². The highest BCUT2D eigenvalue weighted by Crippen LogP contribution is 2.07. The highest BCUT2D eigenvalue weighted by atomic mass is 35.5. The Labute approximate surface area is 251 Å². The molecule has 0 spiro atoms. The maximum atomic E-state index is 10.9. The van der Waals surface area contributed by atoms with E-state index < -0.39 is 11.0 Å². The minimum Gasteiger partial charge on any atom is -0.469 e. The summed E-state index contributed by atoms with van der Waals surface area (Å²) in [5, 5.41) is 3.09. The van der Waals surface area contributed by atoms with Gasteiger partial charge in [0.2, 0.25) is 0 Å². The number of carbonyl (C=O) groups is 3. The van der Waals surface area contributed by atoms with Gasteiger partial charge in [-0.25, -0.2) is 4.79 Å². The lowest BCUT2D eigenvalue weighted by atomic mass is 10.1. The molecule has 0 fully saturated rings. The van der Waals surface area contributed by atoms with Crippen LogP contribution in [0, 0.1) is 0 Å². The van der Waals surface area contributed by atoms with Crippen molar-refractivity contribution in [3.8, 4) is 0 Å². The molecule has 39 heavy (non-hydrogen) atoms. The van der Waals surface area contributed by atoms with Gasteiger partial charge in [0, 0.05) is 31.0 Å². The topological polar surface area (TPSA) is 94.2 Å². The summed E-state index contributed by atoms with van der Waals surface area (Å²) in [5.74, 6) is -0.190. The van der Waals surface area contributed by atoms with Crippen molar-refractivity contribution in [2.75, 3.05) is 41.4 Å². The van der Waals surface area contributed by atoms with Crippen LogP contribution in [0.3, 0.4) is 0 Å². The van der Waals surface area contributed by atoms with Gasteiger partial charge in [-0.2, -0.15) is 0 Å². The van der Waals surface area contributed by atoms with Crippen LogP contribution in [0.2, 0.25) is 0 Å². The van der Waals surface area contributed by atoms with Gasteiger partial charge in [-0.1, -0.05) is 67.6 Å². The van der Waals surface area contributed by atoms with Crippen molar-refractivity contribution in [3.63, 3.8) is 0 Å². The molecule has 0 saturated carbocycles. The highest BCUT2D eigenvalue weighted by Gasteiger charge is 2.02. The Kier molecular flexibility index (Phi) is 33.3. The highest BCUT2D eigenvalue weighted by molar-refractivity contribution is 6.61. The van der Waals surface area contributed by atoms with Gasteiger partial charge in [-0.15, -0.1) is 12.4 Å². The van der Waals surface area contributed by atoms with Crippen LogP contribution in [0.15, 0.2) is 30.3 Å². The van der Waals surface area contributed by atoms with Crippen LogP contribution >= 0.6 is 35.6 Å². The fourth-order valence-corrected chi connectivity index (χ4v) is 3.50. The molecule has 0 aromatic heterocycles. The first-order valence-corrected chi connectivity index (χ1v) is 14.0. The second-order valence-corrected chi connectivity index (χ2v) is 9.63. The Bertz CT molecular complexity index is 712. The molecule has 1 N–H and O–H groups in total. The van der Waals surface area contributed by atoms with Crippen molar-refractivity contribution in [3.05, 3.63) is 35.9 Å². The molecule has 11 heteroatoms. The summed E-state index contributed by atoms with van der Waals surface area (Å²) in [6.07, 6.45) is 9.99. The molecule has 1 aromatic carbocycles. The molecule has 1 atom stereocenters. The Balaban J connectivity index is -0.000000556. The zero-order valence-corrected chi connectivity index (χ0v) is 26.5. The average molecular weight is 616 g/mol. The number of methoxy groups -OCH3 is 2. The van der Waals surface area contributed by atoms with Crippen molar-refractivity contribution in [1.29, 1.82) is 0 Å². The molecule has 0 saturated heterocycles. The summed E-state index contributed by atoms with van der Waals surface area (Å²) < 4.78 is 13.3. The monoisotopic (exact) mass is 614 g/mol. The largest absolute Gasteiger partial charge is 0.469 e. The van der Waals surface area contributed by atoms with Crippen LogP contribution in [-0.2, 0) is 30.3 Å². The number of nitrogens with zero attached hydrogens (tertiary/aromatic N) is 1. The SMILES string of the molecule is CC(Cl)OC(=O)Cl.CNCCCCCCC(=O)OC.COC(=O)CCCCCCN(C)Cc1ccccc1.Cl. The number of rotatable bonds is 17. The summed E-state index contributed by atoms with van der Waals surface area (Å²) in [6, 6.07) is 10.5. The van der Waals surface area contributed by atoms with Crippen LogP contribution in [0.5, 0.6) is 0 Å². The van der Waals surface area contributed by atoms with Crippen LogP contribution in [0.1, 0.15) is 76.7 Å². The quantitative estimate of drug-likeness (QED) is 0.0662. The summed E-state index contributed by atoms with van der Waals surface area (Å²) in [4.78, 5) is 33.6. The van der Waals surface area contributed by atoms with E-state index in [0.717, 1.165) is 45.3 Å². The van der Waals surface area contributed by atoms with Crippen LogP contribution in [0.25, 0.3) is 0 Å². The van der Waals surface area contributed by atoms with Gasteiger partial charge < -0.3 is 24.4 Å². The lowest BCUT2D eigenvalue weighted by Crippen LogP contribution is -2.18. The zero-order valence-electron chi connectivity index (χ0n) is 24.2. The molecule has 0 aliphatic rings. The van der Waals surface area contributed by atoms with E-state index in [4.69, 9.17) is 23.2 Å². The number of hydrogen-bond acceptors (Lipinski definition) is 8. The van der Waals surface area contributed by atoms with E-state index in [9.17, 15) is 14.4 Å². The molecule has 228 valence electrons. The van der Waals surface area contributed by atoms with E-state index in [0.29, 0.717) is 12.8 Å². The van der Waals surface area contributed by atoms with Crippen molar-refractivity contribution in [2.45, 2.75) is 83.2 Å². The number of alkyl halides is 1. The first-order valence-electron chi connectivity index (χ1n) is 13.2. The molecule has 0 bridgehead atoms. The van der Waals surface area contributed by atoms with Gasteiger partial charge >= 0.3 is 17.4 Å². The smallest absolute Gasteiger partial charge is 0.405 e. The summed E-state index contributed by atoms with van der Waals surface area (Å²) in [7, 11) is 6.99. The van der Waals surface area contributed by atoms with E-state index in [1.165, 1.54) is 52.4 Å². The molecule has 0 aliphatic carbocycles. The lowest BCUT2D eigenvalue weighted by Gasteiger charge is -2.16. The molecule has 8 nitrogen and oxygen atoms in total. The molecule has 1 unspecified atom stereocenters. The predicted molar refractivity (Wildman–Crippen MR) is 162 cm³/mol. The first kappa shape index (κ1) is 41.9. The van der Waals surface area contributed by atoms with Crippen LogP contribution in [0.4, 0.5) is 4.79 Å². The average Bonchev–Trinajstić information content (AvgIpc) is 2.88. The fourth-order valence-electron chi connectivity index (χ4n) is 3.24. The fraction of sp³-hybridized carbons (Fsp3) is 0.679. The predicted octanol–water partition coefficient (Wildman–Crippen LogP) is 6.94.